The molecule has 3 nitrogen and oxygen atoms in total. The Hall–Kier alpha value is -2.04. The van der Waals surface area contributed by atoms with Gasteiger partial charge in [0.15, 0.2) is 11.6 Å². The molecule has 100 valence electrons. The summed E-state index contributed by atoms with van der Waals surface area (Å²) in [6, 6.07) is 6.11. The molecule has 1 aromatic heterocycles. The topological polar surface area (TPSA) is 37.8 Å². The molecule has 0 spiro atoms. The summed E-state index contributed by atoms with van der Waals surface area (Å²) in [5.41, 5.74) is 1.19. The van der Waals surface area contributed by atoms with Crippen molar-refractivity contribution in [3.05, 3.63) is 53.0 Å². The third-order valence-corrected chi connectivity index (χ3v) is 2.68. The van der Waals surface area contributed by atoms with E-state index in [0.29, 0.717) is 24.5 Å². The van der Waals surface area contributed by atoms with Crippen molar-refractivity contribution >= 4 is 5.82 Å². The number of nitrogens with one attached hydrogen (secondary N) is 1. The van der Waals surface area contributed by atoms with Gasteiger partial charge in [-0.05, 0) is 31.5 Å². The van der Waals surface area contributed by atoms with E-state index in [4.69, 9.17) is 0 Å². The minimum Gasteiger partial charge on any atom is -0.368 e. The molecule has 5 heteroatoms. The van der Waals surface area contributed by atoms with Crippen LogP contribution < -0.4 is 5.32 Å². The van der Waals surface area contributed by atoms with Crippen molar-refractivity contribution in [3.8, 4) is 0 Å². The van der Waals surface area contributed by atoms with Crippen LogP contribution in [-0.4, -0.2) is 16.5 Å². The van der Waals surface area contributed by atoms with Gasteiger partial charge in [-0.3, -0.25) is 0 Å². The molecule has 1 heterocycles. The molecule has 0 aliphatic rings. The van der Waals surface area contributed by atoms with Gasteiger partial charge in [-0.2, -0.15) is 0 Å². The maximum atomic E-state index is 13.7. The second-order valence-electron chi connectivity index (χ2n) is 4.22. The standard InChI is InChI=1S/C14H15F2N3/c1-3-17-14-13(16)9(2)18-12(19-14)8-10-4-6-11(15)7-5-10/h4-7H,3,8H2,1-2H3,(H,17,18,19). The molecule has 19 heavy (non-hydrogen) atoms. The van der Waals surface area contributed by atoms with Crippen LogP contribution in [0.4, 0.5) is 14.6 Å². The van der Waals surface area contributed by atoms with E-state index in [9.17, 15) is 8.78 Å². The fourth-order valence-corrected chi connectivity index (χ4v) is 1.77. The molecule has 0 amide bonds. The van der Waals surface area contributed by atoms with E-state index in [1.165, 1.54) is 12.1 Å². The Bertz CT molecular complexity index is 568. The summed E-state index contributed by atoms with van der Waals surface area (Å²) in [5.74, 6) is 0.0200. The molecular weight excluding hydrogens is 248 g/mol. The van der Waals surface area contributed by atoms with Crippen molar-refractivity contribution in [2.75, 3.05) is 11.9 Å². The number of aromatic nitrogens is 2. The van der Waals surface area contributed by atoms with Crippen LogP contribution in [-0.2, 0) is 6.42 Å². The summed E-state index contributed by atoms with van der Waals surface area (Å²) in [4.78, 5) is 8.26. The summed E-state index contributed by atoms with van der Waals surface area (Å²) in [6.07, 6.45) is 0.444. The van der Waals surface area contributed by atoms with Crippen molar-refractivity contribution in [1.82, 2.24) is 9.97 Å². The molecule has 0 aliphatic carbocycles. The van der Waals surface area contributed by atoms with Crippen molar-refractivity contribution in [3.63, 3.8) is 0 Å². The first-order valence-corrected chi connectivity index (χ1v) is 6.11. The lowest BCUT2D eigenvalue weighted by atomic mass is 10.1. The number of halogens is 2. The van der Waals surface area contributed by atoms with Crippen LogP contribution in [0.15, 0.2) is 24.3 Å². The lowest BCUT2D eigenvalue weighted by molar-refractivity contribution is 0.601. The van der Waals surface area contributed by atoms with E-state index in [2.05, 4.69) is 15.3 Å². The van der Waals surface area contributed by atoms with Crippen molar-refractivity contribution < 1.29 is 8.78 Å². The van der Waals surface area contributed by atoms with E-state index >= 15 is 0 Å². The SMILES string of the molecule is CCNc1nc(Cc2ccc(F)cc2)nc(C)c1F. The first-order chi connectivity index (χ1) is 9.10. The van der Waals surface area contributed by atoms with Crippen LogP contribution in [0.5, 0.6) is 0 Å². The molecule has 2 aromatic rings. The lowest BCUT2D eigenvalue weighted by Crippen LogP contribution is -2.09. The second-order valence-corrected chi connectivity index (χ2v) is 4.22. The molecule has 0 atom stereocenters. The Labute approximate surface area is 110 Å². The molecule has 0 saturated heterocycles. The van der Waals surface area contributed by atoms with E-state index in [1.54, 1.807) is 19.1 Å². The van der Waals surface area contributed by atoms with Gasteiger partial charge in [-0.25, -0.2) is 18.7 Å². The van der Waals surface area contributed by atoms with E-state index < -0.39 is 5.82 Å². The molecule has 0 radical (unpaired) electrons. The van der Waals surface area contributed by atoms with Crippen LogP contribution >= 0.6 is 0 Å². The molecule has 1 N–H and O–H groups in total. The summed E-state index contributed by atoms with van der Waals surface area (Å²) < 4.78 is 26.5. The fourth-order valence-electron chi connectivity index (χ4n) is 1.77. The highest BCUT2D eigenvalue weighted by molar-refractivity contribution is 5.38. The van der Waals surface area contributed by atoms with Gasteiger partial charge in [0.2, 0.25) is 0 Å². The zero-order chi connectivity index (χ0) is 13.8. The van der Waals surface area contributed by atoms with Gasteiger partial charge in [-0.1, -0.05) is 12.1 Å². The maximum absolute atomic E-state index is 13.7. The zero-order valence-corrected chi connectivity index (χ0v) is 10.9. The number of rotatable bonds is 4. The van der Waals surface area contributed by atoms with Gasteiger partial charge in [0, 0.05) is 13.0 Å². The average Bonchev–Trinajstić information content (AvgIpc) is 2.38. The number of anilines is 1. The van der Waals surface area contributed by atoms with Crippen LogP contribution in [0, 0.1) is 18.6 Å². The summed E-state index contributed by atoms with van der Waals surface area (Å²) in [7, 11) is 0. The maximum Gasteiger partial charge on any atom is 0.186 e. The summed E-state index contributed by atoms with van der Waals surface area (Å²) in [6.45, 7) is 4.06. The predicted octanol–water partition coefficient (Wildman–Crippen LogP) is 3.09. The van der Waals surface area contributed by atoms with Gasteiger partial charge in [0.25, 0.3) is 0 Å². The summed E-state index contributed by atoms with van der Waals surface area (Å²) in [5, 5.41) is 2.87. The van der Waals surface area contributed by atoms with Crippen molar-refractivity contribution in [2.45, 2.75) is 20.3 Å². The van der Waals surface area contributed by atoms with Crippen molar-refractivity contribution in [1.29, 1.82) is 0 Å². The van der Waals surface area contributed by atoms with Crippen LogP contribution in [0.3, 0.4) is 0 Å². The Morgan fingerprint density at radius 2 is 1.79 bits per heavy atom. The molecule has 0 bridgehead atoms. The minimum atomic E-state index is -0.426. The van der Waals surface area contributed by atoms with E-state index in [1.807, 2.05) is 6.92 Å². The Kier molecular flexibility index (Phi) is 4.04. The first-order valence-electron chi connectivity index (χ1n) is 6.11. The average molecular weight is 263 g/mol. The van der Waals surface area contributed by atoms with Gasteiger partial charge < -0.3 is 5.32 Å². The number of aryl methyl sites for hydroxylation is 1. The van der Waals surface area contributed by atoms with Crippen molar-refractivity contribution in [2.24, 2.45) is 0 Å². The Balaban J connectivity index is 2.27. The minimum absolute atomic E-state index is 0.215. The zero-order valence-electron chi connectivity index (χ0n) is 10.9. The number of hydrogen-bond donors (Lipinski definition) is 1. The Morgan fingerprint density at radius 3 is 2.42 bits per heavy atom. The lowest BCUT2D eigenvalue weighted by Gasteiger charge is -2.08. The highest BCUT2D eigenvalue weighted by atomic mass is 19.1. The molecule has 1 aromatic carbocycles. The Morgan fingerprint density at radius 1 is 1.11 bits per heavy atom. The van der Waals surface area contributed by atoms with Crippen LogP contribution in [0.25, 0.3) is 0 Å². The third kappa shape index (κ3) is 3.24. The smallest absolute Gasteiger partial charge is 0.186 e. The number of hydrogen-bond acceptors (Lipinski definition) is 3. The molecule has 0 saturated carbocycles. The monoisotopic (exact) mass is 263 g/mol. The molecular formula is C14H15F2N3. The van der Waals surface area contributed by atoms with Gasteiger partial charge in [0.05, 0.1) is 5.69 Å². The molecule has 0 unspecified atom stereocenters. The van der Waals surface area contributed by atoms with Gasteiger partial charge >= 0.3 is 0 Å². The van der Waals surface area contributed by atoms with Gasteiger partial charge in [0.1, 0.15) is 11.6 Å². The molecule has 0 aliphatic heterocycles. The fraction of sp³-hybridized carbons (Fsp3) is 0.286. The second kappa shape index (κ2) is 5.73. The number of nitrogens with zero attached hydrogens (tertiary/aromatic N) is 2. The van der Waals surface area contributed by atoms with Crippen LogP contribution in [0.2, 0.25) is 0 Å². The predicted molar refractivity (Wildman–Crippen MR) is 70.1 cm³/mol. The van der Waals surface area contributed by atoms with E-state index in [-0.39, 0.29) is 11.6 Å². The van der Waals surface area contributed by atoms with Gasteiger partial charge in [-0.15, -0.1) is 0 Å². The number of benzene rings is 1. The normalized spacial score (nSPS) is 10.5. The third-order valence-electron chi connectivity index (χ3n) is 2.68. The highest BCUT2D eigenvalue weighted by Crippen LogP contribution is 2.15. The molecule has 0 fully saturated rings. The summed E-state index contributed by atoms with van der Waals surface area (Å²) >= 11 is 0. The quantitative estimate of drug-likeness (QED) is 0.921. The first kappa shape index (κ1) is 13.4. The molecule has 2 rings (SSSR count). The van der Waals surface area contributed by atoms with E-state index in [0.717, 1.165) is 5.56 Å². The largest absolute Gasteiger partial charge is 0.368 e. The highest BCUT2D eigenvalue weighted by Gasteiger charge is 2.11. The van der Waals surface area contributed by atoms with Crippen LogP contribution in [0.1, 0.15) is 24.0 Å².